The van der Waals surface area contributed by atoms with Crippen molar-refractivity contribution < 1.29 is 14.1 Å². The van der Waals surface area contributed by atoms with Crippen molar-refractivity contribution in [3.05, 3.63) is 77.5 Å². The van der Waals surface area contributed by atoms with Gasteiger partial charge in [0.05, 0.1) is 0 Å². The van der Waals surface area contributed by atoms with E-state index in [0.29, 0.717) is 31.6 Å². The fourth-order valence-corrected chi connectivity index (χ4v) is 2.84. The van der Waals surface area contributed by atoms with Gasteiger partial charge in [-0.2, -0.15) is 0 Å². The number of nitrogens with zero attached hydrogens (tertiary/aromatic N) is 1. The smallest absolute Gasteiger partial charge is 0.273 e. The molecule has 3 aromatic rings. The lowest BCUT2D eigenvalue weighted by molar-refractivity contribution is -0.118. The Hall–Kier alpha value is -3.21. The first kappa shape index (κ1) is 18.6. The molecule has 0 aliphatic heterocycles. The monoisotopic (exact) mass is 362 g/mol. The van der Waals surface area contributed by atoms with Crippen LogP contribution in [0.15, 0.2) is 65.2 Å². The first-order chi connectivity index (χ1) is 13.1. The molecular formula is C22H22N2O3. The number of aromatic nitrogens is 1. The highest BCUT2D eigenvalue weighted by Crippen LogP contribution is 2.19. The van der Waals surface area contributed by atoms with Gasteiger partial charge in [0, 0.05) is 31.0 Å². The lowest BCUT2D eigenvalue weighted by Gasteiger charge is -2.04. The summed E-state index contributed by atoms with van der Waals surface area (Å²) in [7, 11) is 0. The minimum Gasteiger partial charge on any atom is -0.355 e. The van der Waals surface area contributed by atoms with Crippen LogP contribution in [0.5, 0.6) is 0 Å². The van der Waals surface area contributed by atoms with Gasteiger partial charge in [-0.05, 0) is 18.9 Å². The molecule has 2 aromatic carbocycles. The molecule has 0 aliphatic rings. The molecule has 0 unspecified atom stereocenters. The average Bonchev–Trinajstić information content (AvgIpc) is 3.16. The second-order valence-electron chi connectivity index (χ2n) is 6.51. The van der Waals surface area contributed by atoms with Crippen LogP contribution in [0.25, 0.3) is 11.3 Å². The van der Waals surface area contributed by atoms with Crippen LogP contribution in [-0.4, -0.2) is 23.4 Å². The number of nitrogens with one attached hydrogen (secondary N) is 1. The molecule has 1 amide bonds. The largest absolute Gasteiger partial charge is 0.355 e. The second kappa shape index (κ2) is 8.94. The molecule has 0 radical (unpaired) electrons. The second-order valence-corrected chi connectivity index (χ2v) is 6.51. The van der Waals surface area contributed by atoms with Crippen molar-refractivity contribution in [3.8, 4) is 11.3 Å². The molecule has 138 valence electrons. The van der Waals surface area contributed by atoms with Crippen molar-refractivity contribution in [3.63, 3.8) is 0 Å². The Kier molecular flexibility index (Phi) is 6.15. The van der Waals surface area contributed by atoms with Gasteiger partial charge < -0.3 is 9.84 Å². The van der Waals surface area contributed by atoms with E-state index in [-0.39, 0.29) is 17.4 Å². The summed E-state index contributed by atoms with van der Waals surface area (Å²) in [5, 5.41) is 6.59. The lowest BCUT2D eigenvalue weighted by atomic mass is 10.0. The maximum Gasteiger partial charge on any atom is 0.273 e. The van der Waals surface area contributed by atoms with Gasteiger partial charge in [-0.15, -0.1) is 0 Å². The quantitative estimate of drug-likeness (QED) is 0.616. The first-order valence-electron chi connectivity index (χ1n) is 8.99. The van der Waals surface area contributed by atoms with Crippen molar-refractivity contribution >= 4 is 11.7 Å². The van der Waals surface area contributed by atoms with Gasteiger partial charge in [-0.3, -0.25) is 9.59 Å². The Morgan fingerprint density at radius 1 is 1.04 bits per heavy atom. The van der Waals surface area contributed by atoms with Gasteiger partial charge in [0.2, 0.25) is 0 Å². The maximum atomic E-state index is 12.1. The number of hydrogen-bond donors (Lipinski definition) is 1. The third-order valence-electron chi connectivity index (χ3n) is 4.20. The molecule has 0 aliphatic carbocycles. The predicted octanol–water partition coefficient (Wildman–Crippen LogP) is 3.97. The Bertz CT molecular complexity index is 916. The van der Waals surface area contributed by atoms with E-state index in [0.717, 1.165) is 16.7 Å². The Labute approximate surface area is 158 Å². The number of benzene rings is 2. The molecule has 0 atom stereocenters. The molecule has 0 fully saturated rings. The van der Waals surface area contributed by atoms with E-state index in [1.165, 1.54) is 0 Å². The van der Waals surface area contributed by atoms with Crippen LogP contribution < -0.4 is 5.32 Å². The summed E-state index contributed by atoms with van der Waals surface area (Å²) in [6.45, 7) is 2.43. The SMILES string of the molecule is Cc1cccc(CC(=O)CCCNC(=O)c2cc(-c3ccccc3)on2)c1. The summed E-state index contributed by atoms with van der Waals surface area (Å²) < 4.78 is 5.23. The van der Waals surface area contributed by atoms with E-state index in [4.69, 9.17) is 4.52 Å². The summed E-state index contributed by atoms with van der Waals surface area (Å²) in [5.41, 5.74) is 3.28. The van der Waals surface area contributed by atoms with E-state index in [9.17, 15) is 9.59 Å². The fraction of sp³-hybridized carbons (Fsp3) is 0.227. The summed E-state index contributed by atoms with van der Waals surface area (Å²) >= 11 is 0. The summed E-state index contributed by atoms with van der Waals surface area (Å²) in [5.74, 6) is 0.420. The molecular weight excluding hydrogens is 340 g/mol. The molecule has 5 nitrogen and oxygen atoms in total. The molecule has 0 spiro atoms. The number of carbonyl (C=O) groups is 2. The summed E-state index contributed by atoms with van der Waals surface area (Å²) in [6.07, 6.45) is 1.46. The highest BCUT2D eigenvalue weighted by atomic mass is 16.5. The van der Waals surface area contributed by atoms with Gasteiger partial charge in [-0.1, -0.05) is 65.3 Å². The minimum atomic E-state index is -0.299. The minimum absolute atomic E-state index is 0.169. The number of rotatable bonds is 8. The van der Waals surface area contributed by atoms with Gasteiger partial charge in [-0.25, -0.2) is 0 Å². The molecule has 0 saturated heterocycles. The number of carbonyl (C=O) groups excluding carboxylic acids is 2. The number of aryl methyl sites for hydroxylation is 1. The summed E-state index contributed by atoms with van der Waals surface area (Å²) in [4.78, 5) is 24.2. The lowest BCUT2D eigenvalue weighted by Crippen LogP contribution is -2.25. The highest BCUT2D eigenvalue weighted by molar-refractivity contribution is 5.93. The van der Waals surface area contributed by atoms with Crippen molar-refractivity contribution in [2.75, 3.05) is 6.54 Å². The molecule has 1 aromatic heterocycles. The third kappa shape index (κ3) is 5.38. The maximum absolute atomic E-state index is 12.1. The molecule has 5 heteroatoms. The van der Waals surface area contributed by atoms with Crippen LogP contribution in [0.3, 0.4) is 0 Å². The zero-order valence-corrected chi connectivity index (χ0v) is 15.3. The van der Waals surface area contributed by atoms with Crippen LogP contribution in [0.4, 0.5) is 0 Å². The van der Waals surface area contributed by atoms with Crippen LogP contribution >= 0.6 is 0 Å². The number of hydrogen-bond acceptors (Lipinski definition) is 4. The topological polar surface area (TPSA) is 72.2 Å². The van der Waals surface area contributed by atoms with E-state index < -0.39 is 0 Å². The molecule has 0 saturated carbocycles. The van der Waals surface area contributed by atoms with Crippen LogP contribution in [0, 0.1) is 6.92 Å². The van der Waals surface area contributed by atoms with E-state index in [1.807, 2.05) is 61.5 Å². The molecule has 1 heterocycles. The Morgan fingerprint density at radius 2 is 1.85 bits per heavy atom. The molecule has 1 N–H and O–H groups in total. The highest BCUT2D eigenvalue weighted by Gasteiger charge is 2.13. The fourth-order valence-electron chi connectivity index (χ4n) is 2.84. The number of ketones is 1. The molecule has 27 heavy (non-hydrogen) atoms. The molecule has 0 bridgehead atoms. The van der Waals surface area contributed by atoms with E-state index in [2.05, 4.69) is 10.5 Å². The first-order valence-corrected chi connectivity index (χ1v) is 8.99. The summed E-state index contributed by atoms with van der Waals surface area (Å²) in [6, 6.07) is 19.1. The van der Waals surface area contributed by atoms with Crippen molar-refractivity contribution in [1.29, 1.82) is 0 Å². The Morgan fingerprint density at radius 3 is 2.63 bits per heavy atom. The average molecular weight is 362 g/mol. The molecule has 3 rings (SSSR count). The van der Waals surface area contributed by atoms with Gasteiger partial charge in [0.1, 0.15) is 5.78 Å². The van der Waals surface area contributed by atoms with E-state index >= 15 is 0 Å². The van der Waals surface area contributed by atoms with Crippen molar-refractivity contribution in [2.45, 2.75) is 26.2 Å². The Balaban J connectivity index is 1.42. The van der Waals surface area contributed by atoms with Gasteiger partial charge in [0.15, 0.2) is 11.5 Å². The van der Waals surface area contributed by atoms with Crippen LogP contribution in [0.2, 0.25) is 0 Å². The zero-order chi connectivity index (χ0) is 19.1. The van der Waals surface area contributed by atoms with Crippen LogP contribution in [0.1, 0.15) is 34.5 Å². The zero-order valence-electron chi connectivity index (χ0n) is 15.3. The van der Waals surface area contributed by atoms with Gasteiger partial charge in [0.25, 0.3) is 5.91 Å². The van der Waals surface area contributed by atoms with Crippen molar-refractivity contribution in [1.82, 2.24) is 10.5 Å². The van der Waals surface area contributed by atoms with Crippen LogP contribution in [-0.2, 0) is 11.2 Å². The normalized spacial score (nSPS) is 10.6. The van der Waals surface area contributed by atoms with E-state index in [1.54, 1.807) is 6.07 Å². The number of Topliss-reactive ketones (excluding diaryl/α,β-unsaturated/α-hetero) is 1. The predicted molar refractivity (Wildman–Crippen MR) is 103 cm³/mol. The third-order valence-corrected chi connectivity index (χ3v) is 4.20. The number of amides is 1. The van der Waals surface area contributed by atoms with Gasteiger partial charge >= 0.3 is 0 Å². The standard InChI is InChI=1S/C22H22N2O3/c1-16-7-5-8-17(13-16)14-19(25)11-6-12-23-22(26)20-15-21(27-24-20)18-9-3-2-4-10-18/h2-5,7-10,13,15H,6,11-12,14H2,1H3,(H,23,26). The van der Waals surface area contributed by atoms with Crippen molar-refractivity contribution in [2.24, 2.45) is 0 Å².